The smallest absolute Gasteiger partial charge is 0.268 e. The van der Waals surface area contributed by atoms with Crippen molar-refractivity contribution in [3.63, 3.8) is 0 Å². The Bertz CT molecular complexity index is 1130. The van der Waals surface area contributed by atoms with Gasteiger partial charge in [-0.3, -0.25) is 9.78 Å². The van der Waals surface area contributed by atoms with Crippen molar-refractivity contribution in [2.24, 2.45) is 0 Å². The maximum atomic E-state index is 11.6. The highest BCUT2D eigenvalue weighted by molar-refractivity contribution is 5.95. The summed E-state index contributed by atoms with van der Waals surface area (Å²) in [5, 5.41) is 8.25. The standard InChI is InChI=1S/C21H16N4O2.H2/c1-13-19(21-25-24-20(27-21)15-7-4-3-5-8-15)23-18(12-22-13)17-10-6-9-16(11-17)14(2)26;/h3-12H,1-2H3;1H. The molecule has 0 saturated heterocycles. The molecule has 0 spiro atoms. The topological polar surface area (TPSA) is 81.8 Å². The van der Waals surface area contributed by atoms with E-state index in [-0.39, 0.29) is 7.21 Å². The Morgan fingerprint density at radius 1 is 0.963 bits per heavy atom. The number of carbonyl (C=O) groups excluding carboxylic acids is 1. The molecule has 2 aromatic heterocycles. The second-order valence-electron chi connectivity index (χ2n) is 6.10. The third kappa shape index (κ3) is 3.37. The number of benzene rings is 2. The normalized spacial score (nSPS) is 10.7. The first-order valence-corrected chi connectivity index (χ1v) is 8.46. The monoisotopic (exact) mass is 358 g/mol. The lowest BCUT2D eigenvalue weighted by Crippen LogP contribution is -1.97. The fourth-order valence-corrected chi connectivity index (χ4v) is 2.70. The molecule has 0 aliphatic rings. The van der Waals surface area contributed by atoms with Gasteiger partial charge >= 0.3 is 0 Å². The van der Waals surface area contributed by atoms with Crippen molar-refractivity contribution < 1.29 is 10.6 Å². The van der Waals surface area contributed by atoms with Crippen LogP contribution in [0.15, 0.2) is 65.2 Å². The zero-order valence-electron chi connectivity index (χ0n) is 14.9. The number of hydrogen-bond donors (Lipinski definition) is 0. The summed E-state index contributed by atoms with van der Waals surface area (Å²) in [6, 6.07) is 16.8. The molecule has 0 amide bonds. The highest BCUT2D eigenvalue weighted by Gasteiger charge is 2.16. The molecule has 0 fully saturated rings. The van der Waals surface area contributed by atoms with E-state index in [1.807, 2.05) is 49.4 Å². The Balaban J connectivity index is 0.00000225. The van der Waals surface area contributed by atoms with Crippen LogP contribution in [0.1, 0.15) is 24.4 Å². The lowest BCUT2D eigenvalue weighted by atomic mass is 10.1. The van der Waals surface area contributed by atoms with Gasteiger partial charge in [0, 0.05) is 18.1 Å². The van der Waals surface area contributed by atoms with Crippen LogP contribution in [0.5, 0.6) is 0 Å². The largest absolute Gasteiger partial charge is 0.415 e. The van der Waals surface area contributed by atoms with Crippen LogP contribution in [0, 0.1) is 6.92 Å². The van der Waals surface area contributed by atoms with Crippen molar-refractivity contribution in [2.75, 3.05) is 0 Å². The second kappa shape index (κ2) is 6.92. The third-order valence-corrected chi connectivity index (χ3v) is 4.17. The van der Waals surface area contributed by atoms with Gasteiger partial charge < -0.3 is 4.42 Å². The van der Waals surface area contributed by atoms with Crippen molar-refractivity contribution in [1.82, 2.24) is 20.2 Å². The summed E-state index contributed by atoms with van der Waals surface area (Å²) >= 11 is 0. The van der Waals surface area contributed by atoms with E-state index in [1.165, 1.54) is 6.92 Å². The number of hydrogen-bond acceptors (Lipinski definition) is 6. The minimum absolute atomic E-state index is 0. The Labute approximate surface area is 157 Å². The molecule has 4 aromatic rings. The number of ketones is 1. The maximum absolute atomic E-state index is 11.6. The molecule has 4 rings (SSSR count). The Hall–Kier alpha value is -3.67. The van der Waals surface area contributed by atoms with E-state index in [0.29, 0.717) is 34.4 Å². The molecule has 0 N–H and O–H groups in total. The fraction of sp³-hybridized carbons (Fsp3) is 0.0952. The van der Waals surface area contributed by atoms with Crippen LogP contribution in [-0.2, 0) is 0 Å². The van der Waals surface area contributed by atoms with Crippen LogP contribution in [0.2, 0.25) is 0 Å². The van der Waals surface area contributed by atoms with E-state index in [0.717, 1.165) is 11.1 Å². The van der Waals surface area contributed by atoms with Gasteiger partial charge in [0.15, 0.2) is 5.78 Å². The zero-order chi connectivity index (χ0) is 18.8. The van der Waals surface area contributed by atoms with Crippen LogP contribution in [0.3, 0.4) is 0 Å². The molecule has 27 heavy (non-hydrogen) atoms. The SMILES string of the molecule is CC(=O)c1cccc(-c2cnc(C)c(-c3nnc(-c4ccccc4)o3)n2)c1.[HH]. The summed E-state index contributed by atoms with van der Waals surface area (Å²) in [7, 11) is 0. The van der Waals surface area contributed by atoms with Gasteiger partial charge in [0.2, 0.25) is 5.89 Å². The predicted molar refractivity (Wildman–Crippen MR) is 103 cm³/mol. The first-order chi connectivity index (χ1) is 13.1. The zero-order valence-corrected chi connectivity index (χ0v) is 14.9. The number of nitrogens with zero attached hydrogens (tertiary/aromatic N) is 4. The van der Waals surface area contributed by atoms with Gasteiger partial charge in [-0.25, -0.2) is 4.98 Å². The Morgan fingerprint density at radius 2 is 1.70 bits per heavy atom. The van der Waals surface area contributed by atoms with Gasteiger partial charge in [0.05, 0.1) is 17.6 Å². The van der Waals surface area contributed by atoms with Gasteiger partial charge in [-0.05, 0) is 32.0 Å². The highest BCUT2D eigenvalue weighted by atomic mass is 16.4. The molecule has 2 aromatic carbocycles. The number of Topliss-reactive ketones (excluding diaryl/α,β-unsaturated/α-hetero) is 1. The molecular formula is C21H18N4O2. The molecule has 0 radical (unpaired) electrons. The maximum Gasteiger partial charge on any atom is 0.268 e. The fourth-order valence-electron chi connectivity index (χ4n) is 2.70. The molecule has 0 aliphatic heterocycles. The van der Waals surface area contributed by atoms with Crippen molar-refractivity contribution in [3.8, 4) is 34.3 Å². The average molecular weight is 358 g/mol. The molecule has 0 bridgehead atoms. The van der Waals surface area contributed by atoms with E-state index in [9.17, 15) is 4.79 Å². The lowest BCUT2D eigenvalue weighted by molar-refractivity contribution is 0.101. The molecule has 0 atom stereocenters. The quantitative estimate of drug-likeness (QED) is 0.495. The van der Waals surface area contributed by atoms with Crippen LogP contribution in [-0.4, -0.2) is 25.9 Å². The molecule has 134 valence electrons. The number of aryl methyl sites for hydroxylation is 1. The van der Waals surface area contributed by atoms with Crippen molar-refractivity contribution in [3.05, 3.63) is 72.1 Å². The first kappa shape index (κ1) is 16.8. The van der Waals surface area contributed by atoms with E-state index in [2.05, 4.69) is 20.2 Å². The minimum Gasteiger partial charge on any atom is -0.415 e. The minimum atomic E-state index is 0. The average Bonchev–Trinajstić information content (AvgIpc) is 3.19. The van der Waals surface area contributed by atoms with Gasteiger partial charge in [0.1, 0.15) is 5.69 Å². The first-order valence-electron chi connectivity index (χ1n) is 8.46. The molecular weight excluding hydrogens is 340 g/mol. The third-order valence-electron chi connectivity index (χ3n) is 4.17. The van der Waals surface area contributed by atoms with Gasteiger partial charge in [-0.2, -0.15) is 0 Å². The number of rotatable bonds is 4. The number of carbonyl (C=O) groups is 1. The summed E-state index contributed by atoms with van der Waals surface area (Å²) < 4.78 is 5.81. The Morgan fingerprint density at radius 3 is 2.48 bits per heavy atom. The molecule has 6 heteroatoms. The van der Waals surface area contributed by atoms with Gasteiger partial charge in [-0.1, -0.05) is 36.4 Å². The summed E-state index contributed by atoms with van der Waals surface area (Å²) in [6.07, 6.45) is 1.67. The van der Waals surface area contributed by atoms with E-state index < -0.39 is 0 Å². The van der Waals surface area contributed by atoms with Crippen LogP contribution in [0.25, 0.3) is 34.3 Å². The highest BCUT2D eigenvalue weighted by Crippen LogP contribution is 2.26. The van der Waals surface area contributed by atoms with Crippen LogP contribution < -0.4 is 0 Å². The van der Waals surface area contributed by atoms with Crippen LogP contribution >= 0.6 is 0 Å². The lowest BCUT2D eigenvalue weighted by Gasteiger charge is -2.06. The summed E-state index contributed by atoms with van der Waals surface area (Å²) in [4.78, 5) is 20.7. The van der Waals surface area contributed by atoms with Gasteiger partial charge in [-0.15, -0.1) is 10.2 Å². The predicted octanol–water partition coefficient (Wildman–Crippen LogP) is 4.62. The second-order valence-corrected chi connectivity index (χ2v) is 6.10. The van der Waals surface area contributed by atoms with E-state index in [1.54, 1.807) is 18.3 Å². The summed E-state index contributed by atoms with van der Waals surface area (Å²) in [5.74, 6) is 0.737. The molecule has 0 aliphatic carbocycles. The number of aromatic nitrogens is 4. The summed E-state index contributed by atoms with van der Waals surface area (Å²) in [6.45, 7) is 3.37. The van der Waals surface area contributed by atoms with E-state index >= 15 is 0 Å². The molecule has 0 unspecified atom stereocenters. The van der Waals surface area contributed by atoms with Crippen molar-refractivity contribution in [1.29, 1.82) is 0 Å². The molecule has 2 heterocycles. The van der Waals surface area contributed by atoms with Crippen molar-refractivity contribution in [2.45, 2.75) is 13.8 Å². The molecule has 6 nitrogen and oxygen atoms in total. The van der Waals surface area contributed by atoms with E-state index in [4.69, 9.17) is 4.42 Å². The molecule has 0 saturated carbocycles. The van der Waals surface area contributed by atoms with Crippen LogP contribution in [0.4, 0.5) is 0 Å². The Kier molecular flexibility index (Phi) is 4.30. The summed E-state index contributed by atoms with van der Waals surface area (Å²) in [5.41, 5.74) is 4.12. The van der Waals surface area contributed by atoms with Crippen molar-refractivity contribution >= 4 is 5.78 Å². The van der Waals surface area contributed by atoms with Gasteiger partial charge in [0.25, 0.3) is 5.89 Å².